The fourth-order valence-corrected chi connectivity index (χ4v) is 2.25. The van der Waals surface area contributed by atoms with Crippen molar-refractivity contribution < 1.29 is 4.74 Å². The highest BCUT2D eigenvalue weighted by atomic mass is 79.9. The number of ether oxygens (including phenoxy) is 1. The minimum absolute atomic E-state index is 0.359. The molecule has 0 unspecified atom stereocenters. The second-order valence-corrected chi connectivity index (χ2v) is 5.41. The van der Waals surface area contributed by atoms with Crippen molar-refractivity contribution in [1.82, 2.24) is 0 Å². The number of nitrogen functional groups attached to an aromatic ring is 1. The van der Waals surface area contributed by atoms with Gasteiger partial charge >= 0.3 is 0 Å². The molecule has 0 aliphatic rings. The summed E-state index contributed by atoms with van der Waals surface area (Å²) in [7, 11) is 0. The largest absolute Gasteiger partial charge is 0.488 e. The Hall–Kier alpha value is -0.900. The molecule has 2 aromatic rings. The van der Waals surface area contributed by atoms with Gasteiger partial charge in [-0.05, 0) is 40.2 Å². The molecule has 18 heavy (non-hydrogen) atoms. The summed E-state index contributed by atoms with van der Waals surface area (Å²) in [6.45, 7) is 0.359. The summed E-state index contributed by atoms with van der Waals surface area (Å²) < 4.78 is 6.52. The Balaban J connectivity index is 2.13. The maximum atomic E-state index is 6.07. The van der Waals surface area contributed by atoms with Crippen LogP contribution in [0.2, 0.25) is 10.0 Å². The number of hydrogen-bond donors (Lipinski definition) is 1. The Kier molecular flexibility index (Phi) is 4.38. The van der Waals surface area contributed by atoms with Gasteiger partial charge in [0.15, 0.2) is 0 Å². The fourth-order valence-electron chi connectivity index (χ4n) is 1.42. The van der Waals surface area contributed by atoms with E-state index in [1.807, 2.05) is 12.1 Å². The molecule has 0 atom stereocenters. The highest BCUT2D eigenvalue weighted by molar-refractivity contribution is 9.10. The maximum absolute atomic E-state index is 6.07. The molecule has 2 N–H and O–H groups in total. The van der Waals surface area contributed by atoms with E-state index in [1.54, 1.807) is 24.3 Å². The predicted molar refractivity (Wildman–Crippen MR) is 79.3 cm³/mol. The number of anilines is 1. The van der Waals surface area contributed by atoms with Gasteiger partial charge in [-0.3, -0.25) is 0 Å². The number of rotatable bonds is 3. The van der Waals surface area contributed by atoms with E-state index in [1.165, 1.54) is 0 Å². The van der Waals surface area contributed by atoms with E-state index in [4.69, 9.17) is 33.7 Å². The minimum atomic E-state index is 0.359. The van der Waals surface area contributed by atoms with Gasteiger partial charge in [-0.1, -0.05) is 29.3 Å². The number of halogens is 3. The smallest absolute Gasteiger partial charge is 0.136 e. The van der Waals surface area contributed by atoms with Crippen LogP contribution in [0.4, 0.5) is 5.69 Å². The van der Waals surface area contributed by atoms with Crippen molar-refractivity contribution >= 4 is 44.8 Å². The summed E-state index contributed by atoms with van der Waals surface area (Å²) >= 11 is 15.3. The van der Waals surface area contributed by atoms with Gasteiger partial charge in [-0.2, -0.15) is 0 Å². The molecule has 0 aromatic heterocycles. The summed E-state index contributed by atoms with van der Waals surface area (Å²) in [5.74, 6) is 0.681. The Morgan fingerprint density at radius 2 is 1.89 bits per heavy atom. The quantitative estimate of drug-likeness (QED) is 0.801. The standard InChI is InChI=1S/C13H10BrCl2NO/c14-11-4-3-10(17)6-13(11)18-7-8-1-2-9(15)5-12(8)16/h1-6H,7,17H2. The van der Waals surface area contributed by atoms with Crippen LogP contribution in [0.15, 0.2) is 40.9 Å². The van der Waals surface area contributed by atoms with Gasteiger partial charge in [0, 0.05) is 27.4 Å². The summed E-state index contributed by atoms with van der Waals surface area (Å²) in [5, 5.41) is 1.19. The second kappa shape index (κ2) is 5.83. The zero-order valence-corrected chi connectivity index (χ0v) is 12.4. The van der Waals surface area contributed by atoms with Crippen LogP contribution in [0.3, 0.4) is 0 Å². The Bertz CT molecular complexity index is 575. The summed E-state index contributed by atoms with van der Waals surface area (Å²) in [4.78, 5) is 0. The molecule has 0 heterocycles. The maximum Gasteiger partial charge on any atom is 0.136 e. The van der Waals surface area contributed by atoms with Gasteiger partial charge in [0.2, 0.25) is 0 Å². The normalized spacial score (nSPS) is 10.4. The Morgan fingerprint density at radius 3 is 2.61 bits per heavy atom. The van der Waals surface area contributed by atoms with Gasteiger partial charge in [0.25, 0.3) is 0 Å². The molecule has 0 saturated carbocycles. The van der Waals surface area contributed by atoms with Crippen molar-refractivity contribution in [2.24, 2.45) is 0 Å². The van der Waals surface area contributed by atoms with Crippen LogP contribution in [0.1, 0.15) is 5.56 Å². The molecule has 0 spiro atoms. The van der Waals surface area contributed by atoms with E-state index < -0.39 is 0 Å². The van der Waals surface area contributed by atoms with Crippen molar-refractivity contribution in [3.63, 3.8) is 0 Å². The first-order valence-electron chi connectivity index (χ1n) is 5.18. The van der Waals surface area contributed by atoms with Gasteiger partial charge in [-0.15, -0.1) is 0 Å². The lowest BCUT2D eigenvalue weighted by atomic mass is 10.2. The summed E-state index contributed by atoms with van der Waals surface area (Å²) in [5.41, 5.74) is 7.22. The predicted octanol–water partition coefficient (Wildman–Crippen LogP) is 4.92. The van der Waals surface area contributed by atoms with Crippen molar-refractivity contribution in [3.05, 3.63) is 56.5 Å². The SMILES string of the molecule is Nc1ccc(Br)c(OCc2ccc(Cl)cc2Cl)c1. The molecule has 2 aromatic carbocycles. The molecule has 0 fully saturated rings. The van der Waals surface area contributed by atoms with Crippen LogP contribution < -0.4 is 10.5 Å². The molecule has 0 aliphatic heterocycles. The molecule has 0 amide bonds. The van der Waals surface area contributed by atoms with Crippen LogP contribution in [-0.4, -0.2) is 0 Å². The highest BCUT2D eigenvalue weighted by Gasteiger charge is 2.05. The van der Waals surface area contributed by atoms with E-state index >= 15 is 0 Å². The molecule has 2 rings (SSSR count). The average Bonchev–Trinajstić information content (AvgIpc) is 2.32. The van der Waals surface area contributed by atoms with E-state index in [9.17, 15) is 0 Å². The zero-order valence-electron chi connectivity index (χ0n) is 9.29. The van der Waals surface area contributed by atoms with Gasteiger partial charge in [0.1, 0.15) is 12.4 Å². The third kappa shape index (κ3) is 3.31. The molecule has 0 bridgehead atoms. The molecule has 5 heteroatoms. The molecular weight excluding hydrogens is 337 g/mol. The summed E-state index contributed by atoms with van der Waals surface area (Å²) in [6, 6.07) is 10.7. The number of nitrogens with two attached hydrogens (primary N) is 1. The molecule has 2 nitrogen and oxygen atoms in total. The number of hydrogen-bond acceptors (Lipinski definition) is 2. The molecule has 0 saturated heterocycles. The minimum Gasteiger partial charge on any atom is -0.488 e. The van der Waals surface area contributed by atoms with Gasteiger partial charge in [0.05, 0.1) is 4.47 Å². The van der Waals surface area contributed by atoms with Crippen LogP contribution in [0.5, 0.6) is 5.75 Å². The highest BCUT2D eigenvalue weighted by Crippen LogP contribution is 2.29. The molecule has 0 radical (unpaired) electrons. The van der Waals surface area contributed by atoms with E-state index in [-0.39, 0.29) is 0 Å². The lowest BCUT2D eigenvalue weighted by molar-refractivity contribution is 0.304. The van der Waals surface area contributed by atoms with Gasteiger partial charge < -0.3 is 10.5 Å². The molecular formula is C13H10BrCl2NO. The van der Waals surface area contributed by atoms with E-state index in [0.29, 0.717) is 28.1 Å². The second-order valence-electron chi connectivity index (χ2n) is 3.71. The molecule has 0 aliphatic carbocycles. The zero-order chi connectivity index (χ0) is 13.1. The lowest BCUT2D eigenvalue weighted by Gasteiger charge is -2.10. The van der Waals surface area contributed by atoms with E-state index in [0.717, 1.165) is 10.0 Å². The fraction of sp³-hybridized carbons (Fsp3) is 0.0769. The van der Waals surface area contributed by atoms with Crippen LogP contribution >= 0.6 is 39.1 Å². The van der Waals surface area contributed by atoms with Crippen LogP contribution in [0.25, 0.3) is 0 Å². The topological polar surface area (TPSA) is 35.2 Å². The van der Waals surface area contributed by atoms with Crippen LogP contribution in [0, 0.1) is 0 Å². The third-order valence-corrected chi connectivity index (χ3v) is 3.60. The number of benzene rings is 2. The van der Waals surface area contributed by atoms with Crippen molar-refractivity contribution in [3.8, 4) is 5.75 Å². The monoisotopic (exact) mass is 345 g/mol. The Labute approximate surface area is 124 Å². The third-order valence-electron chi connectivity index (χ3n) is 2.35. The Morgan fingerprint density at radius 1 is 1.11 bits per heavy atom. The first-order valence-corrected chi connectivity index (χ1v) is 6.73. The van der Waals surface area contributed by atoms with Crippen molar-refractivity contribution in [2.45, 2.75) is 6.61 Å². The lowest BCUT2D eigenvalue weighted by Crippen LogP contribution is -1.97. The van der Waals surface area contributed by atoms with E-state index in [2.05, 4.69) is 15.9 Å². The van der Waals surface area contributed by atoms with Crippen molar-refractivity contribution in [1.29, 1.82) is 0 Å². The first kappa shape index (κ1) is 13.5. The first-order chi connectivity index (χ1) is 8.56. The van der Waals surface area contributed by atoms with Gasteiger partial charge in [-0.25, -0.2) is 0 Å². The van der Waals surface area contributed by atoms with Crippen LogP contribution in [-0.2, 0) is 6.61 Å². The van der Waals surface area contributed by atoms with Crippen molar-refractivity contribution in [2.75, 3.05) is 5.73 Å². The summed E-state index contributed by atoms with van der Waals surface area (Å²) in [6.07, 6.45) is 0. The average molecular weight is 347 g/mol. The molecule has 94 valence electrons.